The van der Waals surface area contributed by atoms with Crippen molar-refractivity contribution in [3.63, 3.8) is 0 Å². The summed E-state index contributed by atoms with van der Waals surface area (Å²) in [4.78, 5) is 24.6. The molecular formula is C19H13N3O3. The highest BCUT2D eigenvalue weighted by molar-refractivity contribution is 5.95. The maximum Gasteiger partial charge on any atom is 0.339 e. The van der Waals surface area contributed by atoms with Crippen molar-refractivity contribution in [2.45, 2.75) is 6.73 Å². The predicted octanol–water partition coefficient (Wildman–Crippen LogP) is 2.76. The topological polar surface area (TPSA) is 74.1 Å². The number of ether oxygens (including phenoxy) is 1. The number of esters is 1. The molecule has 0 saturated heterocycles. The largest absolute Gasteiger partial charge is 0.439 e. The van der Waals surface area contributed by atoms with Crippen LogP contribution in [0.15, 0.2) is 71.5 Å². The van der Waals surface area contributed by atoms with Crippen molar-refractivity contribution < 1.29 is 9.53 Å². The molecule has 0 aliphatic rings. The zero-order chi connectivity index (χ0) is 17.2. The Labute approximate surface area is 142 Å². The summed E-state index contributed by atoms with van der Waals surface area (Å²) in [5, 5.41) is 10.2. The molecule has 0 fully saturated rings. The van der Waals surface area contributed by atoms with Gasteiger partial charge < -0.3 is 4.74 Å². The Morgan fingerprint density at radius 2 is 1.72 bits per heavy atom. The van der Waals surface area contributed by atoms with Gasteiger partial charge in [0.05, 0.1) is 10.9 Å². The summed E-state index contributed by atoms with van der Waals surface area (Å²) in [6.07, 6.45) is 0. The molecule has 0 saturated carbocycles. The molecule has 0 amide bonds. The Balaban J connectivity index is 1.57. The third-order valence-electron chi connectivity index (χ3n) is 3.93. The van der Waals surface area contributed by atoms with Gasteiger partial charge in [0.25, 0.3) is 5.56 Å². The Kier molecular flexibility index (Phi) is 3.70. The first-order chi connectivity index (χ1) is 12.2. The number of hydrogen-bond donors (Lipinski definition) is 0. The van der Waals surface area contributed by atoms with Crippen molar-refractivity contribution in [2.24, 2.45) is 0 Å². The zero-order valence-corrected chi connectivity index (χ0v) is 13.1. The lowest BCUT2D eigenvalue weighted by Crippen LogP contribution is -2.26. The van der Waals surface area contributed by atoms with Gasteiger partial charge in [-0.1, -0.05) is 47.7 Å². The van der Waals surface area contributed by atoms with Crippen molar-refractivity contribution in [1.29, 1.82) is 0 Å². The van der Waals surface area contributed by atoms with Gasteiger partial charge in [0.1, 0.15) is 5.52 Å². The Morgan fingerprint density at radius 3 is 2.60 bits per heavy atom. The number of carbonyl (C=O) groups is 1. The van der Waals surface area contributed by atoms with Crippen molar-refractivity contribution >= 4 is 27.6 Å². The first-order valence-electron chi connectivity index (χ1n) is 7.71. The van der Waals surface area contributed by atoms with E-state index in [4.69, 9.17) is 4.74 Å². The van der Waals surface area contributed by atoms with Crippen LogP contribution in [0.1, 0.15) is 10.4 Å². The number of hydrogen-bond acceptors (Lipinski definition) is 5. The van der Waals surface area contributed by atoms with Crippen LogP contribution in [0.5, 0.6) is 0 Å². The van der Waals surface area contributed by atoms with Crippen LogP contribution in [0.4, 0.5) is 0 Å². The third kappa shape index (κ3) is 2.85. The van der Waals surface area contributed by atoms with E-state index in [-0.39, 0.29) is 12.3 Å². The van der Waals surface area contributed by atoms with Crippen LogP contribution in [0, 0.1) is 0 Å². The molecule has 0 aliphatic carbocycles. The van der Waals surface area contributed by atoms with E-state index in [2.05, 4.69) is 10.3 Å². The van der Waals surface area contributed by atoms with E-state index in [1.54, 1.807) is 36.4 Å². The number of benzene rings is 3. The molecule has 0 spiro atoms. The summed E-state index contributed by atoms with van der Waals surface area (Å²) in [5.41, 5.74) is 0.571. The normalized spacial score (nSPS) is 10.9. The second-order valence-corrected chi connectivity index (χ2v) is 5.53. The highest BCUT2D eigenvalue weighted by atomic mass is 16.5. The highest BCUT2D eigenvalue weighted by Crippen LogP contribution is 2.16. The van der Waals surface area contributed by atoms with Gasteiger partial charge in [0, 0.05) is 0 Å². The van der Waals surface area contributed by atoms with Gasteiger partial charge in [0.2, 0.25) is 0 Å². The lowest BCUT2D eigenvalue weighted by atomic mass is 10.1. The minimum Gasteiger partial charge on any atom is -0.439 e. The SMILES string of the molecule is O=C(OCn1nnc2ccccc2c1=O)c1ccc2ccccc2c1. The summed E-state index contributed by atoms with van der Waals surface area (Å²) in [5.74, 6) is -0.521. The van der Waals surface area contributed by atoms with Gasteiger partial charge in [-0.15, -0.1) is 5.10 Å². The average molecular weight is 331 g/mol. The van der Waals surface area contributed by atoms with Gasteiger partial charge in [-0.25, -0.2) is 4.79 Å². The van der Waals surface area contributed by atoms with Crippen molar-refractivity contribution in [1.82, 2.24) is 15.0 Å². The monoisotopic (exact) mass is 331 g/mol. The van der Waals surface area contributed by atoms with Crippen molar-refractivity contribution in [2.75, 3.05) is 0 Å². The van der Waals surface area contributed by atoms with E-state index in [1.165, 1.54) is 0 Å². The number of nitrogens with zero attached hydrogens (tertiary/aromatic N) is 3. The minimum atomic E-state index is -0.521. The number of carbonyl (C=O) groups excluding carboxylic acids is 1. The molecule has 6 heteroatoms. The summed E-state index contributed by atoms with van der Waals surface area (Å²) >= 11 is 0. The van der Waals surface area contributed by atoms with Crippen molar-refractivity contribution in [3.05, 3.63) is 82.6 Å². The first kappa shape index (κ1) is 15.0. The summed E-state index contributed by atoms with van der Waals surface area (Å²) < 4.78 is 6.24. The molecule has 0 aliphatic heterocycles. The van der Waals surface area contributed by atoms with Crippen LogP contribution in [-0.4, -0.2) is 21.0 Å². The molecule has 0 unspecified atom stereocenters. The molecule has 0 atom stereocenters. The summed E-state index contributed by atoms with van der Waals surface area (Å²) in [7, 11) is 0. The zero-order valence-electron chi connectivity index (χ0n) is 13.1. The van der Waals surface area contributed by atoms with E-state index in [1.807, 2.05) is 30.3 Å². The summed E-state index contributed by atoms with van der Waals surface area (Å²) in [6, 6.07) is 19.9. The van der Waals surface area contributed by atoms with Crippen LogP contribution < -0.4 is 5.56 Å². The van der Waals surface area contributed by atoms with Gasteiger partial charge in [0.15, 0.2) is 6.73 Å². The maximum atomic E-state index is 12.3. The fourth-order valence-electron chi connectivity index (χ4n) is 2.63. The first-order valence-corrected chi connectivity index (χ1v) is 7.71. The molecule has 0 N–H and O–H groups in total. The molecule has 1 aromatic heterocycles. The van der Waals surface area contributed by atoms with E-state index < -0.39 is 5.97 Å². The van der Waals surface area contributed by atoms with E-state index in [0.717, 1.165) is 15.5 Å². The average Bonchev–Trinajstić information content (AvgIpc) is 2.67. The smallest absolute Gasteiger partial charge is 0.339 e. The molecular weight excluding hydrogens is 318 g/mol. The number of aromatic nitrogens is 3. The Bertz CT molecular complexity index is 1150. The highest BCUT2D eigenvalue weighted by Gasteiger charge is 2.10. The molecule has 4 rings (SSSR count). The van der Waals surface area contributed by atoms with Crippen LogP contribution in [0.25, 0.3) is 21.7 Å². The van der Waals surface area contributed by atoms with Crippen molar-refractivity contribution in [3.8, 4) is 0 Å². The number of rotatable bonds is 3. The molecule has 4 aromatic rings. The second kappa shape index (κ2) is 6.16. The molecule has 0 radical (unpaired) electrons. The maximum absolute atomic E-state index is 12.3. The fraction of sp³-hybridized carbons (Fsp3) is 0.0526. The van der Waals surface area contributed by atoms with E-state index >= 15 is 0 Å². The fourth-order valence-corrected chi connectivity index (χ4v) is 2.63. The van der Waals surface area contributed by atoms with Crippen LogP contribution in [0.3, 0.4) is 0 Å². The second-order valence-electron chi connectivity index (χ2n) is 5.53. The van der Waals surface area contributed by atoms with Gasteiger partial charge in [-0.05, 0) is 35.0 Å². The van der Waals surface area contributed by atoms with Crippen LogP contribution in [0.2, 0.25) is 0 Å². The standard InChI is InChI=1S/C19H13N3O3/c23-18-16-7-3-4-8-17(16)20-21-22(18)12-25-19(24)15-10-9-13-5-1-2-6-14(13)11-15/h1-11H,12H2. The number of fused-ring (bicyclic) bond motifs is 2. The van der Waals surface area contributed by atoms with Crippen LogP contribution >= 0.6 is 0 Å². The van der Waals surface area contributed by atoms with Gasteiger partial charge >= 0.3 is 5.97 Å². The van der Waals surface area contributed by atoms with E-state index in [9.17, 15) is 9.59 Å². The Hall–Kier alpha value is -3.54. The molecule has 25 heavy (non-hydrogen) atoms. The predicted molar refractivity (Wildman–Crippen MR) is 93.2 cm³/mol. The molecule has 122 valence electrons. The van der Waals surface area contributed by atoms with Crippen LogP contribution in [-0.2, 0) is 11.5 Å². The lowest BCUT2D eigenvalue weighted by Gasteiger charge is -2.07. The third-order valence-corrected chi connectivity index (χ3v) is 3.93. The lowest BCUT2D eigenvalue weighted by molar-refractivity contribution is 0.0336. The Morgan fingerprint density at radius 1 is 0.960 bits per heavy atom. The summed E-state index contributed by atoms with van der Waals surface area (Å²) in [6.45, 7) is -0.289. The molecule has 6 nitrogen and oxygen atoms in total. The van der Waals surface area contributed by atoms with E-state index in [0.29, 0.717) is 16.5 Å². The quantitative estimate of drug-likeness (QED) is 0.540. The molecule has 1 heterocycles. The van der Waals surface area contributed by atoms with Gasteiger partial charge in [-0.3, -0.25) is 4.79 Å². The molecule has 3 aromatic carbocycles. The molecule has 0 bridgehead atoms. The van der Waals surface area contributed by atoms with Gasteiger partial charge in [-0.2, -0.15) is 4.68 Å². The minimum absolute atomic E-state index is 0.289.